The Balaban J connectivity index is 2.27. The predicted molar refractivity (Wildman–Crippen MR) is 91.5 cm³/mol. The number of hydrogen-bond donors (Lipinski definition) is 0. The molecule has 26 heavy (non-hydrogen) atoms. The van der Waals surface area contributed by atoms with Gasteiger partial charge in [0, 0.05) is 27.2 Å². The molecule has 1 aromatic rings. The molecule has 1 aliphatic rings. The Morgan fingerprint density at radius 1 is 1.23 bits per heavy atom. The topological polar surface area (TPSA) is 102 Å². The van der Waals surface area contributed by atoms with Crippen molar-refractivity contribution in [3.05, 3.63) is 23.8 Å². The van der Waals surface area contributed by atoms with Crippen LogP contribution in [0.25, 0.3) is 0 Å². The first-order chi connectivity index (χ1) is 12.3. The van der Waals surface area contributed by atoms with Crippen LogP contribution in [0.3, 0.4) is 0 Å². The van der Waals surface area contributed by atoms with Gasteiger partial charge in [-0.25, -0.2) is 13.2 Å². The monoisotopic (exact) mass is 386 g/mol. The first kappa shape index (κ1) is 20.1. The lowest BCUT2D eigenvalue weighted by Gasteiger charge is -2.26. The van der Waals surface area contributed by atoms with Crippen LogP contribution in [-0.4, -0.2) is 83.6 Å². The van der Waals surface area contributed by atoms with Gasteiger partial charge in [0.15, 0.2) is 6.61 Å². The number of carbonyl (C=O) groups excluding carboxylic acids is 2. The van der Waals surface area contributed by atoms with Gasteiger partial charge < -0.3 is 19.1 Å². The van der Waals surface area contributed by atoms with E-state index in [0.29, 0.717) is 13.2 Å². The number of morpholine rings is 1. The van der Waals surface area contributed by atoms with Crippen LogP contribution in [0.4, 0.5) is 0 Å². The van der Waals surface area contributed by atoms with Crippen molar-refractivity contribution < 1.29 is 32.2 Å². The Bertz CT molecular complexity index is 771. The summed E-state index contributed by atoms with van der Waals surface area (Å²) >= 11 is 0. The largest absolute Gasteiger partial charge is 0.496 e. The molecule has 0 radical (unpaired) electrons. The summed E-state index contributed by atoms with van der Waals surface area (Å²) in [6.45, 7) is 0.667. The van der Waals surface area contributed by atoms with Gasteiger partial charge in [-0.3, -0.25) is 4.79 Å². The summed E-state index contributed by atoms with van der Waals surface area (Å²) in [5.41, 5.74) is -0.0617. The zero-order valence-corrected chi connectivity index (χ0v) is 15.7. The Morgan fingerprint density at radius 2 is 1.88 bits per heavy atom. The number of likely N-dealkylation sites (N-methyl/N-ethyl adjacent to an activating group) is 1. The van der Waals surface area contributed by atoms with Gasteiger partial charge in [-0.15, -0.1) is 0 Å². The van der Waals surface area contributed by atoms with E-state index in [2.05, 4.69) is 0 Å². The van der Waals surface area contributed by atoms with Gasteiger partial charge in [0.05, 0.1) is 25.2 Å². The second kappa shape index (κ2) is 8.47. The molecule has 0 bridgehead atoms. The number of hydrogen-bond acceptors (Lipinski definition) is 7. The van der Waals surface area contributed by atoms with Crippen LogP contribution < -0.4 is 4.74 Å². The fraction of sp³-hybridized carbons (Fsp3) is 0.500. The molecule has 1 aromatic carbocycles. The highest BCUT2D eigenvalue weighted by molar-refractivity contribution is 7.89. The number of benzene rings is 1. The molecule has 0 unspecified atom stereocenters. The molecule has 0 aromatic heterocycles. The van der Waals surface area contributed by atoms with Crippen LogP contribution in [0, 0.1) is 0 Å². The highest BCUT2D eigenvalue weighted by Crippen LogP contribution is 2.25. The first-order valence-corrected chi connectivity index (χ1v) is 9.34. The van der Waals surface area contributed by atoms with Gasteiger partial charge in [-0.2, -0.15) is 4.31 Å². The summed E-state index contributed by atoms with van der Waals surface area (Å²) in [4.78, 5) is 25.1. The van der Waals surface area contributed by atoms with Crippen molar-refractivity contribution in [2.24, 2.45) is 0 Å². The van der Waals surface area contributed by atoms with Gasteiger partial charge in [-0.05, 0) is 18.2 Å². The Kier molecular flexibility index (Phi) is 6.57. The van der Waals surface area contributed by atoms with E-state index in [-0.39, 0.29) is 29.3 Å². The fourth-order valence-electron chi connectivity index (χ4n) is 2.28. The molecular weight excluding hydrogens is 364 g/mol. The molecule has 144 valence electrons. The third-order valence-corrected chi connectivity index (χ3v) is 5.72. The van der Waals surface area contributed by atoms with Gasteiger partial charge in [-0.1, -0.05) is 0 Å². The summed E-state index contributed by atoms with van der Waals surface area (Å²) in [5.74, 6) is -1.07. The summed E-state index contributed by atoms with van der Waals surface area (Å²) in [5, 5.41) is 0. The van der Waals surface area contributed by atoms with E-state index in [1.807, 2.05) is 0 Å². The second-order valence-corrected chi connectivity index (χ2v) is 7.68. The van der Waals surface area contributed by atoms with Crippen molar-refractivity contribution in [3.63, 3.8) is 0 Å². The normalized spacial score (nSPS) is 15.3. The average molecular weight is 386 g/mol. The van der Waals surface area contributed by atoms with Crippen LogP contribution >= 0.6 is 0 Å². The molecule has 9 nitrogen and oxygen atoms in total. The number of carbonyl (C=O) groups is 2. The quantitative estimate of drug-likeness (QED) is 0.632. The van der Waals surface area contributed by atoms with Crippen molar-refractivity contribution in [1.82, 2.24) is 9.21 Å². The molecule has 1 heterocycles. The Morgan fingerprint density at radius 3 is 2.46 bits per heavy atom. The standard InChI is InChI=1S/C16H22N2O7S/c1-17(2)15(19)11-25-16(20)13-10-12(4-5-14(13)23-3)26(21,22)18-6-8-24-9-7-18/h4-5,10H,6-9,11H2,1-3H3. The molecule has 1 aliphatic heterocycles. The zero-order valence-electron chi connectivity index (χ0n) is 14.9. The maximum absolute atomic E-state index is 12.7. The maximum Gasteiger partial charge on any atom is 0.342 e. The summed E-state index contributed by atoms with van der Waals surface area (Å²) < 4.78 is 42.0. The number of nitrogens with zero attached hydrogens (tertiary/aromatic N) is 2. The number of esters is 1. The summed E-state index contributed by atoms with van der Waals surface area (Å²) in [7, 11) is 0.650. The zero-order chi connectivity index (χ0) is 19.3. The van der Waals surface area contributed by atoms with E-state index in [4.69, 9.17) is 14.2 Å². The van der Waals surface area contributed by atoms with Crippen LogP contribution in [0.2, 0.25) is 0 Å². The SMILES string of the molecule is COc1ccc(S(=O)(=O)N2CCOCC2)cc1C(=O)OCC(=O)N(C)C. The van der Waals surface area contributed by atoms with E-state index in [1.165, 1.54) is 48.6 Å². The van der Waals surface area contributed by atoms with E-state index in [0.717, 1.165) is 0 Å². The highest BCUT2D eigenvalue weighted by atomic mass is 32.2. The molecule has 1 saturated heterocycles. The lowest BCUT2D eigenvalue weighted by Crippen LogP contribution is -2.40. The van der Waals surface area contributed by atoms with Crippen molar-refractivity contribution >= 4 is 21.9 Å². The smallest absolute Gasteiger partial charge is 0.342 e. The van der Waals surface area contributed by atoms with Crippen LogP contribution in [0.15, 0.2) is 23.1 Å². The second-order valence-electron chi connectivity index (χ2n) is 5.74. The molecule has 0 N–H and O–H groups in total. The van der Waals surface area contributed by atoms with Gasteiger partial charge in [0.25, 0.3) is 5.91 Å². The lowest BCUT2D eigenvalue weighted by atomic mass is 10.2. The van der Waals surface area contributed by atoms with Crippen molar-refractivity contribution in [3.8, 4) is 5.75 Å². The molecule has 1 fully saturated rings. The highest BCUT2D eigenvalue weighted by Gasteiger charge is 2.28. The van der Waals surface area contributed by atoms with E-state index >= 15 is 0 Å². The van der Waals surface area contributed by atoms with E-state index in [1.54, 1.807) is 0 Å². The predicted octanol–water partition coefficient (Wildman–Crippen LogP) is -0.0389. The molecular formula is C16H22N2O7S. The van der Waals surface area contributed by atoms with Gasteiger partial charge in [0.1, 0.15) is 11.3 Å². The maximum atomic E-state index is 12.7. The summed E-state index contributed by atoms with van der Waals surface area (Å²) in [6.07, 6.45) is 0. The Labute approximate surface area is 152 Å². The summed E-state index contributed by atoms with van der Waals surface area (Å²) in [6, 6.07) is 3.95. The van der Waals surface area contributed by atoms with Crippen molar-refractivity contribution in [2.45, 2.75) is 4.90 Å². The molecule has 0 saturated carbocycles. The molecule has 2 rings (SSSR count). The van der Waals surface area contributed by atoms with Gasteiger partial charge in [0.2, 0.25) is 10.0 Å². The van der Waals surface area contributed by atoms with Crippen molar-refractivity contribution in [2.75, 3.05) is 54.1 Å². The third kappa shape index (κ3) is 4.51. The molecule has 10 heteroatoms. The van der Waals surface area contributed by atoms with Crippen LogP contribution in [0.5, 0.6) is 5.75 Å². The van der Waals surface area contributed by atoms with Gasteiger partial charge >= 0.3 is 5.97 Å². The average Bonchev–Trinajstić information content (AvgIpc) is 2.65. The molecule has 0 spiro atoms. The first-order valence-electron chi connectivity index (χ1n) is 7.90. The third-order valence-electron chi connectivity index (χ3n) is 3.82. The number of ether oxygens (including phenoxy) is 3. The molecule has 1 amide bonds. The number of methoxy groups -OCH3 is 1. The lowest BCUT2D eigenvalue weighted by molar-refractivity contribution is -0.131. The van der Waals surface area contributed by atoms with Crippen LogP contribution in [0.1, 0.15) is 10.4 Å². The molecule has 0 atom stereocenters. The number of amides is 1. The molecule has 0 aliphatic carbocycles. The Hall–Kier alpha value is -2.17. The minimum Gasteiger partial charge on any atom is -0.496 e. The van der Waals surface area contributed by atoms with Crippen molar-refractivity contribution in [1.29, 1.82) is 0 Å². The number of rotatable bonds is 6. The van der Waals surface area contributed by atoms with Crippen LogP contribution in [-0.2, 0) is 24.3 Å². The number of sulfonamides is 1. The van der Waals surface area contributed by atoms with E-state index in [9.17, 15) is 18.0 Å². The minimum absolute atomic E-state index is 0.0499. The fourth-order valence-corrected chi connectivity index (χ4v) is 3.71. The van der Waals surface area contributed by atoms with E-state index < -0.39 is 28.5 Å². The minimum atomic E-state index is -3.77.